The Labute approximate surface area is 80.9 Å². The van der Waals surface area contributed by atoms with E-state index in [1.54, 1.807) is 7.11 Å². The Hall–Kier alpha value is -0.613. The van der Waals surface area contributed by atoms with Crippen LogP contribution in [0.1, 0.15) is 6.92 Å². The van der Waals surface area contributed by atoms with Gasteiger partial charge in [0.2, 0.25) is 8.32 Å². The molecule has 0 saturated carbocycles. The largest absolute Gasteiger partial charge is 0.545 e. The molecule has 0 aromatic rings. The summed E-state index contributed by atoms with van der Waals surface area (Å²) in [6.07, 6.45) is 1.49. The summed E-state index contributed by atoms with van der Waals surface area (Å²) < 4.78 is 10.6. The van der Waals surface area contributed by atoms with Crippen LogP contribution in [-0.4, -0.2) is 27.8 Å². The molecule has 0 heterocycles. The second kappa shape index (κ2) is 5.19. The van der Waals surface area contributed by atoms with Gasteiger partial charge in [0, 0.05) is 13.2 Å². The van der Waals surface area contributed by atoms with Crippen LogP contribution in [-0.2, 0) is 14.0 Å². The number of ether oxygens (including phenoxy) is 1. The number of allylic oxidation sites excluding steroid dienone is 1. The van der Waals surface area contributed by atoms with E-state index in [9.17, 15) is 4.79 Å². The third-order valence-electron chi connectivity index (χ3n) is 1.09. The average molecular weight is 202 g/mol. The maximum atomic E-state index is 10.8. The molecule has 76 valence electrons. The quantitative estimate of drug-likeness (QED) is 0.388. The maximum absolute atomic E-state index is 10.8. The van der Waals surface area contributed by atoms with Gasteiger partial charge in [-0.25, -0.2) is 0 Å². The molecule has 0 atom stereocenters. The van der Waals surface area contributed by atoms with Crippen molar-refractivity contribution in [2.24, 2.45) is 0 Å². The van der Waals surface area contributed by atoms with Gasteiger partial charge in [0.1, 0.15) is 12.4 Å². The number of carbonyl (C=O) groups excluding carboxylic acids is 1. The van der Waals surface area contributed by atoms with Crippen LogP contribution in [0.3, 0.4) is 0 Å². The molecule has 0 unspecified atom stereocenters. The number of hydrogen-bond donors (Lipinski definition) is 0. The van der Waals surface area contributed by atoms with Crippen LogP contribution in [0.4, 0.5) is 0 Å². The van der Waals surface area contributed by atoms with E-state index in [1.807, 2.05) is 0 Å². The Bertz CT molecular complexity index is 203. The molecule has 0 amide bonds. The van der Waals surface area contributed by atoms with Gasteiger partial charge in [-0.2, -0.15) is 0 Å². The zero-order valence-electron chi connectivity index (χ0n) is 9.01. The highest BCUT2D eigenvalue weighted by Crippen LogP contribution is 2.10. The molecule has 0 aliphatic rings. The summed E-state index contributed by atoms with van der Waals surface area (Å²) in [6, 6.07) is 0. The minimum atomic E-state index is -1.62. The number of hydrogen-bond acceptors (Lipinski definition) is 3. The molecule has 3 nitrogen and oxygen atoms in total. The van der Waals surface area contributed by atoms with E-state index in [0.717, 1.165) is 0 Å². The highest BCUT2D eigenvalue weighted by molar-refractivity contribution is 6.70. The molecule has 4 heteroatoms. The van der Waals surface area contributed by atoms with E-state index in [1.165, 1.54) is 13.0 Å². The molecular formula is C9H18O3Si. The lowest BCUT2D eigenvalue weighted by Gasteiger charge is -2.21. The number of ketones is 1. The van der Waals surface area contributed by atoms with Gasteiger partial charge in [0.25, 0.3) is 0 Å². The van der Waals surface area contributed by atoms with Crippen molar-refractivity contribution in [2.45, 2.75) is 26.6 Å². The van der Waals surface area contributed by atoms with Crippen molar-refractivity contribution < 1.29 is 14.0 Å². The first kappa shape index (κ1) is 12.4. The van der Waals surface area contributed by atoms with Gasteiger partial charge in [-0.1, -0.05) is 0 Å². The molecule has 0 rings (SSSR count). The monoisotopic (exact) mass is 202 g/mol. The normalized spacial score (nSPS) is 12.8. The Balaban J connectivity index is 4.35. The zero-order chi connectivity index (χ0) is 10.5. The van der Waals surface area contributed by atoms with Crippen LogP contribution in [0.2, 0.25) is 19.6 Å². The van der Waals surface area contributed by atoms with Gasteiger partial charge < -0.3 is 9.16 Å². The standard InChI is InChI=1S/C9H18O3Si/c1-8(10)6-9(7-11-2)12-13(3,4)5/h6H,7H2,1-5H3/b9-6+. The molecule has 0 spiro atoms. The lowest BCUT2D eigenvalue weighted by Crippen LogP contribution is -2.26. The molecule has 0 bridgehead atoms. The van der Waals surface area contributed by atoms with E-state index in [2.05, 4.69) is 19.6 Å². The van der Waals surface area contributed by atoms with E-state index >= 15 is 0 Å². The highest BCUT2D eigenvalue weighted by atomic mass is 28.4. The van der Waals surface area contributed by atoms with Crippen LogP contribution in [0, 0.1) is 0 Å². The third kappa shape index (κ3) is 7.74. The van der Waals surface area contributed by atoms with Crippen molar-refractivity contribution in [1.29, 1.82) is 0 Å². The van der Waals surface area contributed by atoms with Crippen LogP contribution in [0.25, 0.3) is 0 Å². The third-order valence-corrected chi connectivity index (χ3v) is 1.96. The highest BCUT2D eigenvalue weighted by Gasteiger charge is 2.17. The Kier molecular flexibility index (Phi) is 4.94. The van der Waals surface area contributed by atoms with Crippen LogP contribution >= 0.6 is 0 Å². The van der Waals surface area contributed by atoms with Gasteiger partial charge in [-0.3, -0.25) is 4.79 Å². The number of carbonyl (C=O) groups is 1. The van der Waals surface area contributed by atoms with Crippen LogP contribution in [0.15, 0.2) is 11.8 Å². The predicted molar refractivity (Wildman–Crippen MR) is 55.1 cm³/mol. The van der Waals surface area contributed by atoms with Gasteiger partial charge in [0.15, 0.2) is 5.78 Å². The smallest absolute Gasteiger partial charge is 0.241 e. The molecule has 0 N–H and O–H groups in total. The van der Waals surface area contributed by atoms with Crippen LogP contribution < -0.4 is 0 Å². The van der Waals surface area contributed by atoms with Crippen molar-refractivity contribution >= 4 is 14.1 Å². The Morgan fingerprint density at radius 1 is 1.38 bits per heavy atom. The molecule has 0 aromatic heterocycles. The lowest BCUT2D eigenvalue weighted by molar-refractivity contribution is -0.112. The summed E-state index contributed by atoms with van der Waals surface area (Å²) in [4.78, 5) is 10.8. The minimum Gasteiger partial charge on any atom is -0.545 e. The summed E-state index contributed by atoms with van der Waals surface area (Å²) in [7, 11) is -0.0400. The molecule has 13 heavy (non-hydrogen) atoms. The fourth-order valence-corrected chi connectivity index (χ4v) is 1.77. The SMILES string of the molecule is COC/C(=C\C(C)=O)O[Si](C)(C)C. The minimum absolute atomic E-state index is 0.00898. The fourth-order valence-electron chi connectivity index (χ4n) is 0.863. The molecular weight excluding hydrogens is 184 g/mol. The van der Waals surface area contributed by atoms with Crippen molar-refractivity contribution in [3.63, 3.8) is 0 Å². The fraction of sp³-hybridized carbons (Fsp3) is 0.667. The molecule has 0 saturated heterocycles. The van der Waals surface area contributed by atoms with Crippen LogP contribution in [0.5, 0.6) is 0 Å². The van der Waals surface area contributed by atoms with Gasteiger partial charge in [-0.05, 0) is 26.6 Å². The lowest BCUT2D eigenvalue weighted by atomic mass is 10.4. The average Bonchev–Trinajstić information content (AvgIpc) is 1.81. The topological polar surface area (TPSA) is 35.5 Å². The van der Waals surface area contributed by atoms with Gasteiger partial charge in [0.05, 0.1) is 0 Å². The summed E-state index contributed by atoms with van der Waals surface area (Å²) in [5.41, 5.74) is 0. The van der Waals surface area contributed by atoms with E-state index < -0.39 is 8.32 Å². The van der Waals surface area contributed by atoms with E-state index in [-0.39, 0.29) is 5.78 Å². The van der Waals surface area contributed by atoms with E-state index in [0.29, 0.717) is 12.4 Å². The number of rotatable bonds is 5. The molecule has 0 fully saturated rings. The second-order valence-corrected chi connectivity index (χ2v) is 8.30. The molecule has 0 aliphatic heterocycles. The first-order valence-electron chi connectivity index (χ1n) is 4.24. The van der Waals surface area contributed by atoms with Gasteiger partial charge in [-0.15, -0.1) is 0 Å². The van der Waals surface area contributed by atoms with E-state index in [4.69, 9.17) is 9.16 Å². The predicted octanol–water partition coefficient (Wildman–Crippen LogP) is 1.96. The second-order valence-electron chi connectivity index (χ2n) is 3.87. The van der Waals surface area contributed by atoms with Crippen molar-refractivity contribution in [2.75, 3.05) is 13.7 Å². The Morgan fingerprint density at radius 3 is 2.23 bits per heavy atom. The summed E-state index contributed by atoms with van der Waals surface area (Å²) >= 11 is 0. The number of methoxy groups -OCH3 is 1. The van der Waals surface area contributed by atoms with Crippen molar-refractivity contribution in [1.82, 2.24) is 0 Å². The molecule has 0 aromatic carbocycles. The van der Waals surface area contributed by atoms with Crippen molar-refractivity contribution in [3.05, 3.63) is 11.8 Å². The zero-order valence-corrected chi connectivity index (χ0v) is 10.0. The summed E-state index contributed by atoms with van der Waals surface area (Å²) in [6.45, 7) is 8.07. The Morgan fingerprint density at radius 2 is 1.92 bits per heavy atom. The molecule has 0 aliphatic carbocycles. The van der Waals surface area contributed by atoms with Crippen molar-refractivity contribution in [3.8, 4) is 0 Å². The first-order valence-corrected chi connectivity index (χ1v) is 7.65. The summed E-state index contributed by atoms with van der Waals surface area (Å²) in [5.74, 6) is 0.625. The van der Waals surface area contributed by atoms with Gasteiger partial charge >= 0.3 is 0 Å². The molecule has 0 radical (unpaired) electrons. The first-order chi connectivity index (χ1) is 5.85. The summed E-state index contributed by atoms with van der Waals surface area (Å²) in [5, 5.41) is 0. The maximum Gasteiger partial charge on any atom is 0.241 e.